The van der Waals surface area contributed by atoms with Crippen LogP contribution in [0.4, 0.5) is 0 Å². The Bertz CT molecular complexity index is 2610. The van der Waals surface area contributed by atoms with E-state index in [1.54, 1.807) is 30.3 Å². The first-order valence-electron chi connectivity index (χ1n) is 22.0. The summed E-state index contributed by atoms with van der Waals surface area (Å²) >= 11 is 0. The third-order valence-electron chi connectivity index (χ3n) is 9.44. The van der Waals surface area contributed by atoms with E-state index in [1.165, 1.54) is 12.4 Å². The van der Waals surface area contributed by atoms with E-state index in [0.717, 1.165) is 58.0 Å². The zero-order valence-electron chi connectivity index (χ0n) is 38.9. The summed E-state index contributed by atoms with van der Waals surface area (Å²) in [5, 5.41) is 1.63. The van der Waals surface area contributed by atoms with Crippen molar-refractivity contribution in [3.8, 4) is 33.8 Å². The first-order chi connectivity index (χ1) is 28.1. The van der Waals surface area contributed by atoms with Gasteiger partial charge in [-0.15, -0.1) is 54.1 Å². The van der Waals surface area contributed by atoms with Gasteiger partial charge in [-0.3, -0.25) is 0 Å². The monoisotopic (exact) mass is 871 g/mol. The van der Waals surface area contributed by atoms with E-state index in [4.69, 9.17) is 20.4 Å². The van der Waals surface area contributed by atoms with Crippen LogP contribution in [0.1, 0.15) is 118 Å². The predicted octanol–water partition coefficient (Wildman–Crippen LogP) is 13.0. The van der Waals surface area contributed by atoms with Crippen molar-refractivity contribution in [3.05, 3.63) is 137 Å². The van der Waals surface area contributed by atoms with E-state index < -0.39 is 31.4 Å². The average molecular weight is 871 g/mol. The maximum atomic E-state index is 9.27. The van der Waals surface area contributed by atoms with Gasteiger partial charge in [-0.05, 0) is 95.6 Å². The van der Waals surface area contributed by atoms with Crippen LogP contribution in [0.3, 0.4) is 0 Å². The molecule has 1 radical (unpaired) electrons. The van der Waals surface area contributed by atoms with E-state index in [-0.39, 0.29) is 31.2 Å². The van der Waals surface area contributed by atoms with E-state index in [2.05, 4.69) is 22.1 Å². The fourth-order valence-corrected chi connectivity index (χ4v) is 6.85. The average Bonchev–Trinajstić information content (AvgIpc) is 3.58. The minimum Gasteiger partial charge on any atom is -0.486 e. The number of rotatable bonds is 6. The zero-order valence-corrected chi connectivity index (χ0v) is 32.3. The van der Waals surface area contributed by atoms with Gasteiger partial charge < -0.3 is 14.4 Å². The molecule has 4 aromatic heterocycles. The molecule has 7 aromatic rings. The molecule has 3 aromatic carbocycles. The molecule has 0 saturated heterocycles. The number of aryl methyl sites for hydroxylation is 2. The van der Waals surface area contributed by atoms with E-state index in [9.17, 15) is 1.37 Å². The Kier molecular flexibility index (Phi) is 8.63. The summed E-state index contributed by atoms with van der Waals surface area (Å²) in [6.07, 6.45) is 6.84. The minimum atomic E-state index is -2.38. The van der Waals surface area contributed by atoms with Crippen LogP contribution in [0.5, 0.6) is 0 Å². The molecule has 1 aliphatic carbocycles. The van der Waals surface area contributed by atoms with Crippen LogP contribution in [0.25, 0.3) is 55.8 Å². The number of nitrogens with zero attached hydrogens (tertiary/aromatic N) is 3. The molecule has 52 heavy (non-hydrogen) atoms. The van der Waals surface area contributed by atoms with Gasteiger partial charge in [0.2, 0.25) is 5.71 Å². The topological polar surface area (TPSA) is 51.8 Å². The molecule has 1 fully saturated rings. The largest absolute Gasteiger partial charge is 0.486 e. The van der Waals surface area contributed by atoms with Crippen LogP contribution in [0, 0.1) is 25.8 Å². The Morgan fingerprint density at radius 2 is 1.54 bits per heavy atom. The number of benzene rings is 3. The smallest absolute Gasteiger partial charge is 0.216 e. The molecule has 0 unspecified atom stereocenters. The summed E-state index contributed by atoms with van der Waals surface area (Å²) in [5.74, 6) is -2.82. The Balaban J connectivity index is 0.000000307. The van der Waals surface area contributed by atoms with Crippen LogP contribution in [-0.2, 0) is 20.1 Å². The molecular formula is C47H47IrN3O-2. The van der Waals surface area contributed by atoms with Crippen LogP contribution in [-0.4, -0.2) is 15.0 Å². The Morgan fingerprint density at radius 1 is 0.769 bits per heavy atom. The van der Waals surface area contributed by atoms with Crippen molar-refractivity contribution in [2.24, 2.45) is 0 Å². The molecule has 0 spiro atoms. The summed E-state index contributed by atoms with van der Waals surface area (Å²) in [5.41, 5.74) is 7.48. The molecule has 0 bridgehead atoms. The number of furan rings is 1. The summed E-state index contributed by atoms with van der Waals surface area (Å²) in [6, 6.07) is 32.1. The first-order valence-corrected chi connectivity index (χ1v) is 17.5. The van der Waals surface area contributed by atoms with Gasteiger partial charge in [0, 0.05) is 55.8 Å². The van der Waals surface area contributed by atoms with Gasteiger partial charge in [0.05, 0.1) is 11.3 Å². The molecule has 0 N–H and O–H groups in total. The van der Waals surface area contributed by atoms with Gasteiger partial charge >= 0.3 is 0 Å². The van der Waals surface area contributed by atoms with Gasteiger partial charge in [-0.1, -0.05) is 94.3 Å². The van der Waals surface area contributed by atoms with Crippen molar-refractivity contribution in [1.82, 2.24) is 15.0 Å². The van der Waals surface area contributed by atoms with Crippen LogP contribution in [0.15, 0.2) is 102 Å². The van der Waals surface area contributed by atoms with Crippen LogP contribution < -0.4 is 0 Å². The van der Waals surface area contributed by atoms with E-state index in [0.29, 0.717) is 46.7 Å². The summed E-state index contributed by atoms with van der Waals surface area (Å²) in [4.78, 5) is 13.6. The summed E-state index contributed by atoms with van der Waals surface area (Å²) in [7, 11) is 0. The Hall–Kier alpha value is -4.44. The fraction of sp³-hybridized carbons (Fsp3) is 0.298. The maximum Gasteiger partial charge on any atom is 0.216 e. The van der Waals surface area contributed by atoms with E-state index >= 15 is 0 Å². The third-order valence-corrected chi connectivity index (χ3v) is 9.44. The number of hydrogen-bond acceptors (Lipinski definition) is 4. The van der Waals surface area contributed by atoms with Crippen molar-refractivity contribution in [1.29, 1.82) is 0 Å². The zero-order chi connectivity index (χ0) is 43.3. The SMILES string of the molecule is [2H]C([2H])([2H])c1ccc(-c2[c-]cccc2)nc1.[2H]C([2H])([2H])c1cnc(-c2[c-]ccc3c2oc2nc(-c4c(C([2H])(C)C)cccc4C([2H])(C)C)ccc23)cc1C1([2H])CCCCC1.[Ir]. The molecule has 1 aliphatic rings. The van der Waals surface area contributed by atoms with Crippen molar-refractivity contribution >= 4 is 22.1 Å². The molecule has 8 rings (SSSR count). The van der Waals surface area contributed by atoms with Crippen LogP contribution >= 0.6 is 0 Å². The fourth-order valence-electron chi connectivity index (χ4n) is 6.85. The second-order valence-corrected chi connectivity index (χ2v) is 13.5. The van der Waals surface area contributed by atoms with E-state index in [1.807, 2.05) is 82.3 Å². The third kappa shape index (κ3) is 7.82. The van der Waals surface area contributed by atoms with Crippen molar-refractivity contribution < 1.29 is 36.9 Å². The van der Waals surface area contributed by atoms with Gasteiger partial charge in [-0.2, -0.15) is 0 Å². The Labute approximate surface area is 335 Å². The van der Waals surface area contributed by atoms with Crippen LogP contribution in [0.2, 0.25) is 0 Å². The first kappa shape index (κ1) is 27.2. The molecular weight excluding hydrogens is 815 g/mol. The van der Waals surface area contributed by atoms with Crippen molar-refractivity contribution in [2.45, 2.75) is 91.2 Å². The van der Waals surface area contributed by atoms with Gasteiger partial charge in [-0.25, -0.2) is 4.98 Å². The molecule has 4 heterocycles. The number of pyridine rings is 3. The normalized spacial score (nSPS) is 17.3. The van der Waals surface area contributed by atoms with Gasteiger partial charge in [0.25, 0.3) is 0 Å². The predicted molar refractivity (Wildman–Crippen MR) is 211 cm³/mol. The summed E-state index contributed by atoms with van der Waals surface area (Å²) in [6.45, 7) is 2.87. The molecule has 0 atom stereocenters. The van der Waals surface area contributed by atoms with Crippen molar-refractivity contribution in [2.75, 3.05) is 0 Å². The molecule has 4 nitrogen and oxygen atoms in total. The number of hydrogen-bond donors (Lipinski definition) is 0. The summed E-state index contributed by atoms with van der Waals surface area (Å²) < 4.78 is 79.5. The quantitative estimate of drug-likeness (QED) is 0.156. The standard InChI is InChI=1S/C35H37N2O.C12H10N.Ir/c1-21(2)25-13-9-14-26(22(3)4)33(25)31-18-17-28-27-15-10-16-29(34(27)38-35(28)37-31)32-19-30(23(5)20-36-32)24-11-7-6-8-12-24;1-10-7-8-12(13-9-10)11-5-3-2-4-6-11;/h9-10,13-15,17-22,24H,6-8,11-12H2,1-5H3;2-5,7-9H,1H3;/q2*-1;/i5D3,21D,22D,24D;1D3;. The molecule has 0 amide bonds. The van der Waals surface area contributed by atoms with Gasteiger partial charge in [0.1, 0.15) is 0 Å². The number of fused-ring (bicyclic) bond motifs is 3. The molecule has 1 saturated carbocycles. The van der Waals surface area contributed by atoms with Crippen molar-refractivity contribution in [3.63, 3.8) is 0 Å². The molecule has 5 heteroatoms. The Morgan fingerprint density at radius 3 is 2.21 bits per heavy atom. The molecule has 267 valence electrons. The maximum absolute atomic E-state index is 9.27. The second-order valence-electron chi connectivity index (χ2n) is 13.5. The molecule has 0 aliphatic heterocycles. The minimum absolute atomic E-state index is 0. The van der Waals surface area contributed by atoms with Gasteiger partial charge in [0.15, 0.2) is 0 Å². The second kappa shape index (κ2) is 16.5. The number of aromatic nitrogens is 3.